The van der Waals surface area contributed by atoms with Crippen molar-refractivity contribution in [2.24, 2.45) is 22.2 Å². The summed E-state index contributed by atoms with van der Waals surface area (Å²) in [5, 5.41) is 6.93. The van der Waals surface area contributed by atoms with Crippen LogP contribution in [0.15, 0.2) is 84.4 Å². The van der Waals surface area contributed by atoms with Gasteiger partial charge >= 0.3 is 0 Å². The van der Waals surface area contributed by atoms with Gasteiger partial charge in [-0.1, -0.05) is 91.5 Å². The van der Waals surface area contributed by atoms with Crippen molar-refractivity contribution in [3.05, 3.63) is 84.4 Å². The maximum absolute atomic E-state index is 4.38. The summed E-state index contributed by atoms with van der Waals surface area (Å²) in [5.74, 6) is 0.555. The van der Waals surface area contributed by atoms with Crippen LogP contribution in [0.4, 0.5) is 0 Å². The molecule has 1 unspecified atom stereocenters. The first-order chi connectivity index (χ1) is 14.9. The van der Waals surface area contributed by atoms with Crippen molar-refractivity contribution < 1.29 is 0 Å². The van der Waals surface area contributed by atoms with E-state index in [1.54, 1.807) is 5.57 Å². The Kier molecular flexibility index (Phi) is 8.62. The lowest BCUT2D eigenvalue weighted by Crippen LogP contribution is -2.40. The molecular weight excluding hydrogens is 388 g/mol. The first-order valence-corrected chi connectivity index (χ1v) is 12.1. The second kappa shape index (κ2) is 10.6. The highest BCUT2D eigenvalue weighted by atomic mass is 14.9. The molecule has 0 spiro atoms. The van der Waals surface area contributed by atoms with Gasteiger partial charge in [0.1, 0.15) is 0 Å². The minimum Gasteiger partial charge on any atom is -0.388 e. The van der Waals surface area contributed by atoms with Crippen LogP contribution >= 0.6 is 0 Å². The third kappa shape index (κ3) is 7.15. The second-order valence-corrected chi connectivity index (χ2v) is 11.9. The molecular formula is C30H46N2. The number of allylic oxidation sites excluding steroid dienone is 8. The molecule has 0 radical (unpaired) electrons. The first-order valence-electron chi connectivity index (χ1n) is 12.1. The van der Waals surface area contributed by atoms with Crippen LogP contribution in [0, 0.1) is 22.2 Å². The van der Waals surface area contributed by atoms with Crippen molar-refractivity contribution in [2.75, 3.05) is 6.54 Å². The van der Waals surface area contributed by atoms with Gasteiger partial charge in [0.05, 0.1) is 0 Å². The first kappa shape index (κ1) is 26.0. The summed E-state index contributed by atoms with van der Waals surface area (Å²) >= 11 is 0. The van der Waals surface area contributed by atoms with Gasteiger partial charge in [-0.15, -0.1) is 0 Å². The van der Waals surface area contributed by atoms with Crippen molar-refractivity contribution in [3.63, 3.8) is 0 Å². The van der Waals surface area contributed by atoms with Crippen molar-refractivity contribution in [3.8, 4) is 0 Å². The molecule has 0 aliphatic heterocycles. The van der Waals surface area contributed by atoms with Crippen LogP contribution in [-0.2, 0) is 0 Å². The predicted molar refractivity (Wildman–Crippen MR) is 142 cm³/mol. The standard InChI is InChI=1S/C30H46N2/c1-10-11-14-23(2)24-21-25-26(30(8,9)17-16-29(25,6)7)22-27(24)32-20-13-19-31-18-12-15-28(3,4)5/h10-14,18,20,22,25,31-32H,1-2,15-17,19,21H2,3-9H3/b14-11-,18-12+,20-13+. The molecule has 0 bridgehead atoms. The molecule has 1 atom stereocenters. The average Bonchev–Trinajstić information content (AvgIpc) is 2.70. The quantitative estimate of drug-likeness (QED) is 0.284. The van der Waals surface area contributed by atoms with Crippen molar-refractivity contribution in [1.82, 2.24) is 10.6 Å². The average molecular weight is 435 g/mol. The fourth-order valence-corrected chi connectivity index (χ4v) is 4.64. The summed E-state index contributed by atoms with van der Waals surface area (Å²) in [5.41, 5.74) is 6.01. The lowest BCUT2D eigenvalue weighted by atomic mass is 9.54. The number of nitrogens with one attached hydrogen (secondary N) is 2. The van der Waals surface area contributed by atoms with Gasteiger partial charge in [-0.25, -0.2) is 0 Å². The highest BCUT2D eigenvalue weighted by molar-refractivity contribution is 5.50. The Morgan fingerprint density at radius 2 is 1.84 bits per heavy atom. The molecule has 0 aromatic rings. The fourth-order valence-electron chi connectivity index (χ4n) is 4.64. The topological polar surface area (TPSA) is 24.1 Å². The number of rotatable bonds is 9. The molecule has 2 N–H and O–H groups in total. The SMILES string of the molecule is C=C/C=C\C(=C)C1=C(N/C=C/CN/C=C/CC(C)(C)C)C=C2C(C1)C(C)(C)CCC2(C)C. The second-order valence-electron chi connectivity index (χ2n) is 11.9. The van der Waals surface area contributed by atoms with E-state index in [2.05, 4.69) is 109 Å². The Morgan fingerprint density at radius 3 is 2.50 bits per heavy atom. The Hall–Kier alpha value is -2.22. The Labute approximate surface area is 198 Å². The zero-order valence-corrected chi connectivity index (χ0v) is 21.6. The zero-order chi connectivity index (χ0) is 24.0. The van der Waals surface area contributed by atoms with Crippen LogP contribution in [0.2, 0.25) is 0 Å². The van der Waals surface area contributed by atoms with E-state index < -0.39 is 0 Å². The third-order valence-electron chi connectivity index (χ3n) is 6.91. The van der Waals surface area contributed by atoms with Crippen LogP contribution in [-0.4, -0.2) is 6.54 Å². The summed E-state index contributed by atoms with van der Waals surface area (Å²) in [4.78, 5) is 0. The van der Waals surface area contributed by atoms with Gasteiger partial charge in [0.15, 0.2) is 0 Å². The molecule has 0 aromatic heterocycles. The van der Waals surface area contributed by atoms with E-state index in [4.69, 9.17) is 0 Å². The van der Waals surface area contributed by atoms with E-state index in [9.17, 15) is 0 Å². The van der Waals surface area contributed by atoms with Crippen LogP contribution < -0.4 is 10.6 Å². The molecule has 2 nitrogen and oxygen atoms in total. The molecule has 2 aliphatic rings. The fraction of sp³-hybridized carbons (Fsp3) is 0.533. The van der Waals surface area contributed by atoms with E-state index in [0.717, 1.165) is 25.0 Å². The molecule has 0 heterocycles. The molecule has 0 amide bonds. The van der Waals surface area contributed by atoms with Crippen molar-refractivity contribution >= 4 is 0 Å². The van der Waals surface area contributed by atoms with Crippen LogP contribution in [0.3, 0.4) is 0 Å². The highest BCUT2D eigenvalue weighted by Gasteiger charge is 2.45. The van der Waals surface area contributed by atoms with E-state index in [0.29, 0.717) is 16.7 Å². The van der Waals surface area contributed by atoms with Crippen molar-refractivity contribution in [1.29, 1.82) is 0 Å². The molecule has 2 aliphatic carbocycles. The maximum atomic E-state index is 4.38. The summed E-state index contributed by atoms with van der Waals surface area (Å²) in [6.07, 6.45) is 21.3. The zero-order valence-electron chi connectivity index (χ0n) is 21.6. The molecule has 0 saturated heterocycles. The van der Waals surface area contributed by atoms with Gasteiger partial charge in [-0.2, -0.15) is 0 Å². The molecule has 2 rings (SSSR count). The van der Waals surface area contributed by atoms with Gasteiger partial charge in [0.25, 0.3) is 0 Å². The normalized spacial score (nSPS) is 22.8. The summed E-state index contributed by atoms with van der Waals surface area (Å²) in [6, 6.07) is 0. The Balaban J connectivity index is 2.19. The van der Waals surface area contributed by atoms with Gasteiger partial charge in [-0.3, -0.25) is 0 Å². The van der Waals surface area contributed by atoms with Crippen LogP contribution in [0.1, 0.15) is 74.1 Å². The van der Waals surface area contributed by atoms with Gasteiger partial charge in [0, 0.05) is 12.2 Å². The third-order valence-corrected chi connectivity index (χ3v) is 6.91. The molecule has 0 aromatic carbocycles. The number of fused-ring (bicyclic) bond motifs is 1. The highest BCUT2D eigenvalue weighted by Crippen LogP contribution is 2.56. The van der Waals surface area contributed by atoms with E-state index >= 15 is 0 Å². The maximum Gasteiger partial charge on any atom is 0.0418 e. The molecule has 1 fully saturated rings. The van der Waals surface area contributed by atoms with Gasteiger partial charge in [0.2, 0.25) is 0 Å². The smallest absolute Gasteiger partial charge is 0.0418 e. The largest absolute Gasteiger partial charge is 0.388 e. The number of hydrogen-bond acceptors (Lipinski definition) is 2. The molecule has 2 heteroatoms. The molecule has 176 valence electrons. The summed E-state index contributed by atoms with van der Waals surface area (Å²) < 4.78 is 0. The van der Waals surface area contributed by atoms with Gasteiger partial charge in [-0.05, 0) is 83.5 Å². The predicted octanol–water partition coefficient (Wildman–Crippen LogP) is 7.97. The summed E-state index contributed by atoms with van der Waals surface area (Å²) in [7, 11) is 0. The summed E-state index contributed by atoms with van der Waals surface area (Å²) in [6.45, 7) is 25.4. The van der Waals surface area contributed by atoms with E-state index in [1.807, 2.05) is 12.2 Å². The van der Waals surface area contributed by atoms with E-state index in [1.165, 1.54) is 24.1 Å². The Morgan fingerprint density at radius 1 is 1.12 bits per heavy atom. The van der Waals surface area contributed by atoms with Gasteiger partial charge < -0.3 is 10.6 Å². The van der Waals surface area contributed by atoms with Crippen LogP contribution in [0.25, 0.3) is 0 Å². The lowest BCUT2D eigenvalue weighted by molar-refractivity contribution is 0.121. The number of hydrogen-bond donors (Lipinski definition) is 2. The lowest BCUT2D eigenvalue weighted by Gasteiger charge is -2.50. The molecule has 32 heavy (non-hydrogen) atoms. The monoisotopic (exact) mass is 434 g/mol. The van der Waals surface area contributed by atoms with E-state index in [-0.39, 0.29) is 5.41 Å². The Bertz CT molecular complexity index is 835. The minimum atomic E-state index is 0.236. The molecule has 1 saturated carbocycles. The minimum absolute atomic E-state index is 0.236. The van der Waals surface area contributed by atoms with Crippen molar-refractivity contribution in [2.45, 2.75) is 74.1 Å². The van der Waals surface area contributed by atoms with Crippen LogP contribution in [0.5, 0.6) is 0 Å².